The number of nitrogens with two attached hydrogens (primary N) is 1. The molecule has 0 bridgehead atoms. The lowest BCUT2D eigenvalue weighted by atomic mass is 10.2. The first-order valence-electron chi connectivity index (χ1n) is 6.30. The third-order valence-corrected chi connectivity index (χ3v) is 3.46. The number of carbonyl (C=O) groups is 1. The number of aromatic nitrogens is 1. The lowest BCUT2D eigenvalue weighted by Gasteiger charge is -2.21. The third-order valence-electron chi connectivity index (χ3n) is 2.79. The van der Waals surface area contributed by atoms with Crippen LogP contribution in [0.2, 0.25) is 0 Å². The van der Waals surface area contributed by atoms with Gasteiger partial charge in [-0.05, 0) is 18.6 Å². The molecule has 0 aliphatic carbocycles. The third kappa shape index (κ3) is 3.32. The van der Waals surface area contributed by atoms with E-state index in [9.17, 15) is 4.79 Å². The molecule has 0 radical (unpaired) electrons. The Morgan fingerprint density at radius 2 is 2.11 bits per heavy atom. The maximum Gasteiger partial charge on any atom is 0.277 e. The highest BCUT2D eigenvalue weighted by molar-refractivity contribution is 7.13. The van der Waals surface area contributed by atoms with Crippen molar-refractivity contribution in [2.45, 2.75) is 19.8 Å². The Morgan fingerprint density at radius 3 is 2.68 bits per heavy atom. The zero-order chi connectivity index (χ0) is 13.7. The second kappa shape index (κ2) is 6.33. The van der Waals surface area contributed by atoms with Gasteiger partial charge >= 0.3 is 0 Å². The van der Waals surface area contributed by atoms with E-state index in [-0.39, 0.29) is 5.91 Å². The van der Waals surface area contributed by atoms with Crippen LogP contribution in [0.25, 0.3) is 0 Å². The topological polar surface area (TPSA) is 59.2 Å². The molecule has 1 aromatic heterocycles. The number of benzene rings is 1. The molecule has 19 heavy (non-hydrogen) atoms. The highest BCUT2D eigenvalue weighted by Gasteiger charge is 2.19. The van der Waals surface area contributed by atoms with Crippen molar-refractivity contribution in [3.8, 4) is 0 Å². The normalized spacial score (nSPS) is 10.4. The Morgan fingerprint density at radius 1 is 1.37 bits per heavy atom. The summed E-state index contributed by atoms with van der Waals surface area (Å²) in [5.41, 5.74) is 6.91. The summed E-state index contributed by atoms with van der Waals surface area (Å²) in [6, 6.07) is 9.66. The largest absolute Gasteiger partial charge is 0.375 e. The average Bonchev–Trinajstić information content (AvgIpc) is 2.87. The molecule has 0 aliphatic heterocycles. The number of rotatable bonds is 5. The summed E-state index contributed by atoms with van der Waals surface area (Å²) in [6.07, 6.45) is 2.00. The number of para-hydroxylation sites is 1. The van der Waals surface area contributed by atoms with Gasteiger partial charge in [-0.15, -0.1) is 11.3 Å². The lowest BCUT2D eigenvalue weighted by Crippen LogP contribution is -2.32. The molecule has 0 saturated heterocycles. The van der Waals surface area contributed by atoms with Crippen molar-refractivity contribution in [2.24, 2.45) is 0 Å². The molecule has 0 saturated carbocycles. The van der Waals surface area contributed by atoms with E-state index in [2.05, 4.69) is 11.9 Å². The van der Waals surface area contributed by atoms with E-state index >= 15 is 0 Å². The summed E-state index contributed by atoms with van der Waals surface area (Å²) in [6.45, 7) is 2.80. The van der Waals surface area contributed by atoms with Crippen molar-refractivity contribution >= 4 is 28.1 Å². The fourth-order valence-electron chi connectivity index (χ4n) is 1.80. The van der Waals surface area contributed by atoms with Crippen molar-refractivity contribution < 1.29 is 4.79 Å². The van der Waals surface area contributed by atoms with Gasteiger partial charge in [-0.25, -0.2) is 4.98 Å². The maximum atomic E-state index is 12.5. The molecule has 5 heteroatoms. The van der Waals surface area contributed by atoms with Gasteiger partial charge in [0.05, 0.1) is 0 Å². The van der Waals surface area contributed by atoms with Gasteiger partial charge < -0.3 is 10.6 Å². The van der Waals surface area contributed by atoms with Crippen LogP contribution in [-0.2, 0) is 0 Å². The van der Waals surface area contributed by atoms with Crippen molar-refractivity contribution in [3.63, 3.8) is 0 Å². The number of hydrogen-bond acceptors (Lipinski definition) is 4. The SMILES string of the molecule is CCCCN(C(=O)c1csc(N)n1)c1ccccc1. The molecule has 0 atom stereocenters. The van der Waals surface area contributed by atoms with E-state index in [1.165, 1.54) is 11.3 Å². The van der Waals surface area contributed by atoms with Crippen LogP contribution in [0.15, 0.2) is 35.7 Å². The molecule has 0 spiro atoms. The predicted octanol–water partition coefficient (Wildman–Crippen LogP) is 3.17. The highest BCUT2D eigenvalue weighted by Crippen LogP contribution is 2.19. The minimum absolute atomic E-state index is 0.0902. The number of anilines is 2. The number of nitrogen functional groups attached to an aromatic ring is 1. The number of nitrogens with zero attached hydrogens (tertiary/aromatic N) is 2. The Balaban J connectivity index is 2.25. The number of thiazole rings is 1. The Kier molecular flexibility index (Phi) is 4.52. The van der Waals surface area contributed by atoms with Gasteiger partial charge in [0, 0.05) is 17.6 Å². The van der Waals surface area contributed by atoms with Crippen LogP contribution >= 0.6 is 11.3 Å². The van der Waals surface area contributed by atoms with Gasteiger partial charge in [-0.1, -0.05) is 31.5 Å². The minimum Gasteiger partial charge on any atom is -0.375 e. The molecule has 2 rings (SSSR count). The zero-order valence-corrected chi connectivity index (χ0v) is 11.7. The van der Waals surface area contributed by atoms with Gasteiger partial charge in [-0.2, -0.15) is 0 Å². The molecule has 1 aromatic carbocycles. The van der Waals surface area contributed by atoms with E-state index in [0.29, 0.717) is 17.4 Å². The van der Waals surface area contributed by atoms with Gasteiger partial charge in [0.15, 0.2) is 5.13 Å². The minimum atomic E-state index is -0.0902. The Bertz CT molecular complexity index is 539. The van der Waals surface area contributed by atoms with Crippen LogP contribution in [-0.4, -0.2) is 17.4 Å². The summed E-state index contributed by atoms with van der Waals surface area (Å²) in [5, 5.41) is 2.13. The van der Waals surface area contributed by atoms with Crippen molar-refractivity contribution in [2.75, 3.05) is 17.2 Å². The summed E-state index contributed by atoms with van der Waals surface area (Å²) in [4.78, 5) is 18.3. The second-order valence-corrected chi connectivity index (χ2v) is 5.11. The molecule has 1 heterocycles. The Labute approximate surface area is 116 Å². The van der Waals surface area contributed by atoms with E-state index in [1.54, 1.807) is 10.3 Å². The molecule has 100 valence electrons. The highest BCUT2D eigenvalue weighted by atomic mass is 32.1. The summed E-state index contributed by atoms with van der Waals surface area (Å²) in [7, 11) is 0. The fourth-order valence-corrected chi connectivity index (χ4v) is 2.33. The molecule has 0 fully saturated rings. The van der Waals surface area contributed by atoms with Gasteiger partial charge in [-0.3, -0.25) is 4.79 Å². The quantitative estimate of drug-likeness (QED) is 0.911. The lowest BCUT2D eigenvalue weighted by molar-refractivity contribution is 0.0982. The summed E-state index contributed by atoms with van der Waals surface area (Å²) in [5.74, 6) is -0.0902. The second-order valence-electron chi connectivity index (χ2n) is 4.22. The molecule has 1 amide bonds. The number of amides is 1. The fraction of sp³-hybridized carbons (Fsp3) is 0.286. The standard InChI is InChI=1S/C14H17N3OS/c1-2-3-9-17(11-7-5-4-6-8-11)13(18)12-10-19-14(15)16-12/h4-8,10H,2-3,9H2,1H3,(H2,15,16). The van der Waals surface area contributed by atoms with Crippen molar-refractivity contribution in [3.05, 3.63) is 41.4 Å². The first kappa shape index (κ1) is 13.5. The van der Waals surface area contributed by atoms with E-state index < -0.39 is 0 Å². The number of unbranched alkanes of at least 4 members (excludes halogenated alkanes) is 1. The van der Waals surface area contributed by atoms with Crippen LogP contribution in [0.4, 0.5) is 10.8 Å². The molecule has 2 N–H and O–H groups in total. The molecule has 0 aliphatic rings. The first-order chi connectivity index (χ1) is 9.22. The van der Waals surface area contributed by atoms with Gasteiger partial charge in [0.2, 0.25) is 0 Å². The van der Waals surface area contributed by atoms with Gasteiger partial charge in [0.25, 0.3) is 5.91 Å². The van der Waals surface area contributed by atoms with Crippen LogP contribution in [0.1, 0.15) is 30.3 Å². The molecule has 4 nitrogen and oxygen atoms in total. The molecular weight excluding hydrogens is 258 g/mol. The Hall–Kier alpha value is -1.88. The van der Waals surface area contributed by atoms with E-state index in [0.717, 1.165) is 18.5 Å². The first-order valence-corrected chi connectivity index (χ1v) is 7.18. The van der Waals surface area contributed by atoms with E-state index in [1.807, 2.05) is 30.3 Å². The van der Waals surface area contributed by atoms with Crippen LogP contribution in [0, 0.1) is 0 Å². The smallest absolute Gasteiger partial charge is 0.277 e. The molecule has 2 aromatic rings. The van der Waals surface area contributed by atoms with Crippen LogP contribution < -0.4 is 10.6 Å². The molecular formula is C14H17N3OS. The van der Waals surface area contributed by atoms with Crippen LogP contribution in [0.5, 0.6) is 0 Å². The average molecular weight is 275 g/mol. The van der Waals surface area contributed by atoms with Gasteiger partial charge in [0.1, 0.15) is 5.69 Å². The molecule has 0 unspecified atom stereocenters. The zero-order valence-electron chi connectivity index (χ0n) is 10.9. The number of carbonyl (C=O) groups excluding carboxylic acids is 1. The number of hydrogen-bond donors (Lipinski definition) is 1. The summed E-state index contributed by atoms with van der Waals surface area (Å²) >= 11 is 1.29. The van der Waals surface area contributed by atoms with Crippen molar-refractivity contribution in [1.82, 2.24) is 4.98 Å². The van der Waals surface area contributed by atoms with E-state index in [4.69, 9.17) is 5.73 Å². The maximum absolute atomic E-state index is 12.5. The van der Waals surface area contributed by atoms with Crippen LogP contribution in [0.3, 0.4) is 0 Å². The predicted molar refractivity (Wildman–Crippen MR) is 79.6 cm³/mol. The monoisotopic (exact) mass is 275 g/mol. The summed E-state index contributed by atoms with van der Waals surface area (Å²) < 4.78 is 0. The van der Waals surface area contributed by atoms with Crippen molar-refractivity contribution in [1.29, 1.82) is 0 Å².